The monoisotopic (exact) mass is 1790 g/mol. The number of likely N-dealkylation sites (N-methyl/N-ethyl adjacent to an activating group) is 1. The van der Waals surface area contributed by atoms with E-state index >= 15 is 13.6 Å². The molecule has 6 amide bonds. The molecule has 0 aromatic heterocycles. The number of rotatable bonds is 56. The van der Waals surface area contributed by atoms with E-state index in [1.54, 1.807) is 20.8 Å². The van der Waals surface area contributed by atoms with Crippen LogP contribution in [0.3, 0.4) is 0 Å². The van der Waals surface area contributed by atoms with Gasteiger partial charge in [-0.2, -0.15) is 0 Å². The third-order valence-electron chi connectivity index (χ3n) is 26.8. The van der Waals surface area contributed by atoms with Gasteiger partial charge in [-0.05, 0) is 144 Å². The highest BCUT2D eigenvalue weighted by Gasteiger charge is 2.80. The Hall–Kier alpha value is -6.95. The first kappa shape index (κ1) is 101. The fraction of sp³-hybridized carbons (Fsp3) is 0.809. The zero-order valence-corrected chi connectivity index (χ0v) is 76.0. The lowest BCUT2D eigenvalue weighted by Crippen LogP contribution is -2.71. The molecule has 2 unspecified atom stereocenters. The Morgan fingerprint density at radius 2 is 1.33 bits per heavy atom. The maximum absolute atomic E-state index is 18.2. The second-order valence-corrected chi connectivity index (χ2v) is 36.9. The van der Waals surface area contributed by atoms with Gasteiger partial charge in [-0.25, -0.2) is 13.6 Å². The number of alkyl carbamates (subject to hydrolysis) is 1. The number of hydrogen-bond donors (Lipinski definition) is 11. The average molecular weight is 1790 g/mol. The van der Waals surface area contributed by atoms with E-state index in [0.29, 0.717) is 162 Å². The number of unbranched alkanes of at least 4 members (excludes halogenated alkanes) is 1. The van der Waals surface area contributed by atoms with E-state index < -0.39 is 130 Å². The van der Waals surface area contributed by atoms with Crippen LogP contribution in [0.4, 0.5) is 13.6 Å². The minimum absolute atomic E-state index is 0.00436. The molecule has 11 N–H and O–H groups in total. The van der Waals surface area contributed by atoms with Crippen molar-refractivity contribution >= 4 is 53.0 Å². The first-order valence-electron chi connectivity index (χ1n) is 46.1. The summed E-state index contributed by atoms with van der Waals surface area (Å²) < 4.78 is 106. The van der Waals surface area contributed by atoms with Gasteiger partial charge in [-0.1, -0.05) is 60.0 Å². The number of hydrazine groups is 4. The number of nitrogens with one attached hydrogen (secondary N) is 10. The number of fused-ring (bicyclic) bond motifs is 8. The lowest BCUT2D eigenvalue weighted by molar-refractivity contribution is -0.869. The van der Waals surface area contributed by atoms with Crippen LogP contribution in [0.5, 0.6) is 0 Å². The van der Waals surface area contributed by atoms with Gasteiger partial charge in [-0.15, -0.1) is 11.1 Å². The van der Waals surface area contributed by atoms with Crippen molar-refractivity contribution < 1.29 is 118 Å². The second-order valence-electron chi connectivity index (χ2n) is 36.9. The van der Waals surface area contributed by atoms with Crippen LogP contribution in [0.2, 0.25) is 0 Å². The summed E-state index contributed by atoms with van der Waals surface area (Å²) in [6.07, 6.45) is 7.40. The number of Topliss-reactive ketones (excluding diaryl/α,β-unsaturated/α-hetero) is 2. The zero-order valence-electron chi connectivity index (χ0n) is 76.0. The number of aliphatic hydroxyl groups is 1. The number of halogens is 2. The van der Waals surface area contributed by atoms with Gasteiger partial charge < -0.3 is 109 Å². The quantitative estimate of drug-likeness (QED) is 0.0298. The fourth-order valence-electron chi connectivity index (χ4n) is 19.8. The highest BCUT2D eigenvalue weighted by Crippen LogP contribution is 2.72. The highest BCUT2D eigenvalue weighted by atomic mass is 19.1. The molecule has 5 fully saturated rings. The predicted molar refractivity (Wildman–Crippen MR) is 458 cm³/mol. The number of nitrogens with zero attached hydrogens (tertiary/aromatic N) is 3. The van der Waals surface area contributed by atoms with Gasteiger partial charge in [0, 0.05) is 67.8 Å². The van der Waals surface area contributed by atoms with Crippen molar-refractivity contribution in [3.05, 3.63) is 46.6 Å². The van der Waals surface area contributed by atoms with Crippen molar-refractivity contribution in [3.63, 3.8) is 0 Å². The number of quaternary nitrogens is 1. The fourth-order valence-corrected chi connectivity index (χ4v) is 19.8. The Labute approximate surface area is 741 Å². The molecule has 10 aliphatic rings. The van der Waals surface area contributed by atoms with Crippen molar-refractivity contribution in [2.24, 2.45) is 52.3 Å². The van der Waals surface area contributed by atoms with Gasteiger partial charge in [-0.3, -0.25) is 48.4 Å². The molecular weight excluding hydrogens is 1640 g/mol. The van der Waals surface area contributed by atoms with E-state index in [4.69, 9.17) is 56.8 Å². The number of aliphatic hydroxyl groups excluding tert-OH is 1. The molecule has 1 saturated heterocycles. The third kappa shape index (κ3) is 27.1. The van der Waals surface area contributed by atoms with Gasteiger partial charge in [0.05, 0.1) is 195 Å². The summed E-state index contributed by atoms with van der Waals surface area (Å²) in [6.45, 7) is 17.3. The normalized spacial score (nSPS) is 28.5. The van der Waals surface area contributed by atoms with Gasteiger partial charge in [0.1, 0.15) is 24.9 Å². The Bertz CT molecular complexity index is 3750. The van der Waals surface area contributed by atoms with Crippen molar-refractivity contribution in [3.8, 4) is 0 Å². The van der Waals surface area contributed by atoms with E-state index in [0.717, 1.165) is 79.9 Å². The van der Waals surface area contributed by atoms with Crippen LogP contribution in [0, 0.1) is 52.3 Å². The standard InChI is InChI=1S/C89H145F2N13O22/c1-11-17-80-125-76-53-64-65-52-67(90)66-51-60(105)25-28-86(66,5)88(65,91)74(107)54-87(64,6)89(76,126-80)75(108)55-95-83(112)59(4)50-72(106)81(58(2)3)97-84(113)69(96-78(110)27-35-116-39-43-120-46-48-121-44-40-117-36-31-94-85(114)124-56-63-61-21-23-68-70(24-22-62(61)63)102(7)100-98-68)18-15-16-29-92-79(111)57-123-73-20-14-12-13-19-71-82(73)99-101-103(71)32-37-118-41-45-122-49-47-119-42-38-115-34-26-77(109)93-30-33-104(8,9)10/h25,28,51,58-59,61-65,67,69,73-74,76,80-81,98-101,107H,11-24,26-27,29-50,52-57H2,1-10H3,(H5-,92,93,94,95,96,97,109,110,111,112,113,114)/p+1/t59-,61+,62-,63+,64+,65+,67+,69-,73?,74+,76-,80?,81+,86+,87+,88+,89-/m1/s1. The molecule has 37 heteroatoms. The molecule has 0 aromatic carbocycles. The second kappa shape index (κ2) is 48.8. The Morgan fingerprint density at radius 1 is 0.690 bits per heavy atom. The number of carbonyl (C=O) groups excluding carboxylic acids is 9. The summed E-state index contributed by atoms with van der Waals surface area (Å²) in [7, 11) is 8.24. The van der Waals surface area contributed by atoms with Crippen LogP contribution in [-0.2, 0) is 95.2 Å². The van der Waals surface area contributed by atoms with Gasteiger partial charge in [0.15, 0.2) is 34.9 Å². The van der Waals surface area contributed by atoms with E-state index in [9.17, 15) is 43.5 Å². The summed E-state index contributed by atoms with van der Waals surface area (Å²) in [5.74, 6) is -5.53. The van der Waals surface area contributed by atoms with Crippen molar-refractivity contribution in [1.82, 2.24) is 63.8 Å². The molecule has 0 aromatic rings. The summed E-state index contributed by atoms with van der Waals surface area (Å²) in [4.78, 5) is 122. The highest BCUT2D eigenvalue weighted by molar-refractivity contribution is 6.01. The van der Waals surface area contributed by atoms with Crippen molar-refractivity contribution in [2.75, 3.05) is 186 Å². The Balaban J connectivity index is 0.642. The largest absolute Gasteiger partial charge is 0.449 e. The van der Waals surface area contributed by atoms with Crippen LogP contribution in [0.25, 0.3) is 0 Å². The van der Waals surface area contributed by atoms with Crippen LogP contribution in [0.1, 0.15) is 170 Å². The van der Waals surface area contributed by atoms with Crippen molar-refractivity contribution in [2.45, 2.75) is 224 Å². The van der Waals surface area contributed by atoms with Gasteiger partial charge in [0.25, 0.3) is 0 Å². The van der Waals surface area contributed by atoms with E-state index in [2.05, 4.69) is 75.0 Å². The summed E-state index contributed by atoms with van der Waals surface area (Å²) in [5, 5.41) is 33.2. The molecular formula is C89H146F2N13O22+. The molecule has 126 heavy (non-hydrogen) atoms. The predicted octanol–water partition coefficient (Wildman–Crippen LogP) is 4.34. The molecule has 3 heterocycles. The van der Waals surface area contributed by atoms with Gasteiger partial charge >= 0.3 is 6.09 Å². The average Bonchev–Trinajstić information content (AvgIpc) is 1.45. The maximum atomic E-state index is 18.2. The number of ketones is 3. The molecule has 0 spiro atoms. The van der Waals surface area contributed by atoms with Crippen LogP contribution in [0.15, 0.2) is 46.6 Å². The first-order chi connectivity index (χ1) is 60.4. The number of amides is 6. The SMILES string of the molecule is CCCC1O[C@@H]2C[C@H]3[C@@H]4C[C@H](F)C5=CC(=O)C=C[C@]5(C)[C@@]4(F)[C@@H](O)C[C@]3(C)[C@]2(C(=O)CNC(=O)[C@H](C)CC(=O)[C@@H](NC(=O)[C@@H](CCCCNC(=O)COC2CCCCCC3=C2NNN3CCOCCOCCOCCOCCC(=O)NCC[N+](C)(C)C)NC(=O)CCOCCOCCOCCOCCNC(=O)OC[C@@H]2[C@@H]3CCC4=C(CC[C@@H]32)NNN4C)C(C)C)O1. The van der Waals surface area contributed by atoms with E-state index in [-0.39, 0.29) is 102 Å². The minimum atomic E-state index is -2.42. The lowest BCUT2D eigenvalue weighted by Gasteiger charge is -2.63. The van der Waals surface area contributed by atoms with E-state index in [1.807, 2.05) is 24.0 Å². The topological polar surface area (TPSA) is 411 Å². The van der Waals surface area contributed by atoms with Crippen LogP contribution < -0.4 is 53.8 Å². The molecule has 35 nitrogen and oxygen atoms in total. The number of alkyl halides is 2. The van der Waals surface area contributed by atoms with Crippen LogP contribution in [-0.4, -0.2) is 313 Å². The first-order valence-corrected chi connectivity index (χ1v) is 46.1. The summed E-state index contributed by atoms with van der Waals surface area (Å²) in [5.41, 5.74) is 10.3. The van der Waals surface area contributed by atoms with Gasteiger partial charge in [0.2, 0.25) is 29.5 Å². The van der Waals surface area contributed by atoms with E-state index in [1.165, 1.54) is 37.4 Å². The molecule has 7 aliphatic carbocycles. The lowest BCUT2D eigenvalue weighted by atomic mass is 9.44. The summed E-state index contributed by atoms with van der Waals surface area (Å²) >= 11 is 0. The van der Waals surface area contributed by atoms with Crippen molar-refractivity contribution in [1.29, 1.82) is 0 Å². The van der Waals surface area contributed by atoms with Crippen LogP contribution >= 0.6 is 0 Å². The maximum Gasteiger partial charge on any atom is 0.407 e. The smallest absolute Gasteiger partial charge is 0.407 e. The Morgan fingerprint density at radius 3 is 2.00 bits per heavy atom. The summed E-state index contributed by atoms with van der Waals surface area (Å²) in [6, 6.07) is -2.26. The number of ether oxygens (including phenoxy) is 12. The third-order valence-corrected chi connectivity index (χ3v) is 26.8. The Kier molecular flexibility index (Phi) is 39.2. The molecule has 4 saturated carbocycles. The zero-order chi connectivity index (χ0) is 90.6. The molecule has 0 radical (unpaired) electrons. The molecule has 17 atom stereocenters. The molecule has 3 aliphatic heterocycles. The number of allylic oxidation sites excluding steroid dienone is 7. The number of hydrogen-bond acceptors (Lipinski definition) is 28. The minimum Gasteiger partial charge on any atom is -0.449 e. The number of carbonyl (C=O) groups is 9. The molecule has 712 valence electrons. The molecule has 0 bridgehead atoms. The molecule has 10 rings (SSSR count).